The summed E-state index contributed by atoms with van der Waals surface area (Å²) in [5, 5.41) is 10.0. The molecule has 1 aliphatic heterocycles. The van der Waals surface area contributed by atoms with Crippen molar-refractivity contribution in [1.82, 2.24) is 0 Å². The second-order valence-electron chi connectivity index (χ2n) is 8.46. The Balaban J connectivity index is 0.000000609. The number of aliphatic carboxylic acids is 1. The summed E-state index contributed by atoms with van der Waals surface area (Å²) in [5.41, 5.74) is 0. The molecule has 1 saturated heterocycles. The molecule has 0 amide bonds. The van der Waals surface area contributed by atoms with E-state index in [4.69, 9.17) is 0 Å². The number of hydrogen-bond acceptors (Lipinski definition) is 4. The van der Waals surface area contributed by atoms with Gasteiger partial charge in [0, 0.05) is 12.8 Å². The molecule has 5 heteroatoms. The van der Waals surface area contributed by atoms with Crippen molar-refractivity contribution in [2.45, 2.75) is 104 Å². The van der Waals surface area contributed by atoms with E-state index in [1.165, 1.54) is 94.7 Å². The molecular weight excluding hydrogens is 354 g/mol. The van der Waals surface area contributed by atoms with Crippen LogP contribution < -0.4 is 5.11 Å². The van der Waals surface area contributed by atoms with E-state index < -0.39 is 11.9 Å². The van der Waals surface area contributed by atoms with Crippen molar-refractivity contribution in [3.05, 3.63) is 0 Å². The molecule has 1 rings (SSSR count). The van der Waals surface area contributed by atoms with Gasteiger partial charge in [0.1, 0.15) is 0 Å². The maximum Gasteiger partial charge on any atom is 0.354 e. The van der Waals surface area contributed by atoms with E-state index in [2.05, 4.69) is 25.6 Å². The van der Waals surface area contributed by atoms with E-state index >= 15 is 0 Å². The Bertz CT molecular complexity index is 392. The first-order chi connectivity index (χ1) is 13.4. The number of carbonyl (C=O) groups is 2. The number of hydrogen-bond donors (Lipinski definition) is 0. The van der Waals surface area contributed by atoms with Crippen LogP contribution in [0.25, 0.3) is 0 Å². The van der Waals surface area contributed by atoms with Gasteiger partial charge in [0.05, 0.1) is 33.3 Å². The van der Waals surface area contributed by atoms with Gasteiger partial charge in [-0.3, -0.25) is 0 Å². The van der Waals surface area contributed by atoms with Crippen LogP contribution >= 0.6 is 0 Å². The highest BCUT2D eigenvalue weighted by Crippen LogP contribution is 2.16. The van der Waals surface area contributed by atoms with Crippen molar-refractivity contribution in [3.8, 4) is 0 Å². The van der Waals surface area contributed by atoms with Crippen molar-refractivity contribution >= 4 is 11.9 Å². The molecule has 0 atom stereocenters. The summed E-state index contributed by atoms with van der Waals surface area (Å²) in [6.45, 7) is 8.95. The molecule has 0 unspecified atom stereocenters. The molecule has 1 heterocycles. The number of carbonyl (C=O) groups excluding carboxylic acids is 2. The molecule has 28 heavy (non-hydrogen) atoms. The fourth-order valence-corrected chi connectivity index (χ4v) is 3.68. The molecule has 5 nitrogen and oxygen atoms in total. The lowest BCUT2D eigenvalue weighted by molar-refractivity contribution is -0.897. The van der Waals surface area contributed by atoms with Gasteiger partial charge in [0.2, 0.25) is 0 Å². The van der Waals surface area contributed by atoms with Gasteiger partial charge < -0.3 is 19.1 Å². The fraction of sp³-hybridized carbons (Fsp3) is 0.913. The number of unbranched alkanes of at least 4 members (excludes halogenated alkanes) is 10. The monoisotopic (exact) mass is 399 g/mol. The van der Waals surface area contributed by atoms with Gasteiger partial charge in [-0.2, -0.15) is 0 Å². The largest absolute Gasteiger partial charge is 0.539 e. The highest BCUT2D eigenvalue weighted by Gasteiger charge is 2.25. The van der Waals surface area contributed by atoms with Crippen molar-refractivity contribution in [2.24, 2.45) is 0 Å². The van der Waals surface area contributed by atoms with E-state index in [0.29, 0.717) is 0 Å². The number of esters is 1. The molecule has 1 aliphatic rings. The molecule has 0 radical (unpaired) electrons. The van der Waals surface area contributed by atoms with Crippen LogP contribution in [0.4, 0.5) is 0 Å². The Morgan fingerprint density at radius 3 is 1.71 bits per heavy atom. The summed E-state index contributed by atoms with van der Waals surface area (Å²) in [6, 6.07) is 0. The fourth-order valence-electron chi connectivity index (χ4n) is 3.68. The summed E-state index contributed by atoms with van der Waals surface area (Å²) in [7, 11) is 2.41. The Hall–Kier alpha value is -1.10. The van der Waals surface area contributed by atoms with Crippen molar-refractivity contribution in [2.75, 3.05) is 33.3 Å². The third-order valence-electron chi connectivity index (χ3n) is 5.60. The smallest absolute Gasteiger partial charge is 0.354 e. The first kappa shape index (κ1) is 26.9. The molecule has 0 N–H and O–H groups in total. The number of carboxylic acids is 1. The molecule has 0 aromatic rings. The van der Waals surface area contributed by atoms with E-state index in [-0.39, 0.29) is 6.61 Å². The lowest BCUT2D eigenvalue weighted by Crippen LogP contribution is -2.41. The van der Waals surface area contributed by atoms with Gasteiger partial charge in [0.25, 0.3) is 0 Å². The molecule has 0 aliphatic carbocycles. The van der Waals surface area contributed by atoms with Crippen LogP contribution in [0.15, 0.2) is 0 Å². The van der Waals surface area contributed by atoms with Gasteiger partial charge >= 0.3 is 5.97 Å². The molecule has 0 saturated carbocycles. The van der Waals surface area contributed by atoms with Crippen LogP contribution in [0, 0.1) is 0 Å². The summed E-state index contributed by atoms with van der Waals surface area (Å²) in [4.78, 5) is 20.5. The van der Waals surface area contributed by atoms with Gasteiger partial charge in [-0.25, -0.2) is 4.79 Å². The maximum atomic E-state index is 10.5. The van der Waals surface area contributed by atoms with E-state index in [1.54, 1.807) is 0 Å². The molecule has 0 aromatic heterocycles. The van der Waals surface area contributed by atoms with Gasteiger partial charge in [-0.15, -0.1) is 0 Å². The topological polar surface area (TPSA) is 66.4 Å². The van der Waals surface area contributed by atoms with E-state index in [0.717, 1.165) is 19.3 Å². The average molecular weight is 400 g/mol. The predicted molar refractivity (Wildman–Crippen MR) is 113 cm³/mol. The van der Waals surface area contributed by atoms with Crippen LogP contribution in [0.2, 0.25) is 0 Å². The zero-order chi connectivity index (χ0) is 21.1. The minimum absolute atomic E-state index is 0.184. The van der Waals surface area contributed by atoms with Crippen LogP contribution in [-0.4, -0.2) is 49.7 Å². The van der Waals surface area contributed by atoms with Crippen molar-refractivity contribution in [3.63, 3.8) is 0 Å². The second kappa shape index (κ2) is 18.0. The summed E-state index contributed by atoms with van der Waals surface area (Å²) >= 11 is 0. The summed E-state index contributed by atoms with van der Waals surface area (Å²) < 4.78 is 5.83. The highest BCUT2D eigenvalue weighted by atomic mass is 16.6. The number of ether oxygens (including phenoxy) is 1. The van der Waals surface area contributed by atoms with Crippen LogP contribution in [-0.2, 0) is 14.3 Å². The zero-order valence-electron chi connectivity index (χ0n) is 18.8. The lowest BCUT2D eigenvalue weighted by Gasteiger charge is -2.28. The van der Waals surface area contributed by atoms with Crippen molar-refractivity contribution < 1.29 is 23.9 Å². The molecule has 0 bridgehead atoms. The van der Waals surface area contributed by atoms with Crippen LogP contribution in [0.3, 0.4) is 0 Å². The lowest BCUT2D eigenvalue weighted by atomic mass is 10.1. The second-order valence-corrected chi connectivity index (χ2v) is 8.46. The van der Waals surface area contributed by atoms with Crippen LogP contribution in [0.1, 0.15) is 104 Å². The number of carboxylic acid groups (broad SMARTS) is 1. The molecule has 0 aromatic carbocycles. The first-order valence-corrected chi connectivity index (χ1v) is 11.7. The Morgan fingerprint density at radius 2 is 1.25 bits per heavy atom. The number of likely N-dealkylation sites (tertiary alicyclic amines) is 1. The zero-order valence-corrected chi connectivity index (χ0v) is 18.8. The predicted octanol–water partition coefficient (Wildman–Crippen LogP) is 4.23. The standard InChI is InChI=1S/C14H26O4.C9H20N/c1-2-3-4-5-6-7-8-9-10-11-12-18-14(17)13(15)16;1-3-4-7-10(2)8-5-6-9-10/h2-12H2,1H3,(H,15,16);3-9H2,1-2H3/q;+1/p-1. The molecule has 1 fully saturated rings. The van der Waals surface area contributed by atoms with Gasteiger partial charge in [0.15, 0.2) is 5.97 Å². The van der Waals surface area contributed by atoms with E-state index in [9.17, 15) is 14.7 Å². The Kier molecular flexibility index (Phi) is 17.3. The van der Waals surface area contributed by atoms with Crippen LogP contribution in [0.5, 0.6) is 0 Å². The Morgan fingerprint density at radius 1 is 0.786 bits per heavy atom. The minimum atomic E-state index is -1.76. The molecule has 0 spiro atoms. The third-order valence-corrected chi connectivity index (χ3v) is 5.60. The summed E-state index contributed by atoms with van der Waals surface area (Å²) in [6.07, 6.45) is 17.6. The quantitative estimate of drug-likeness (QED) is 0.190. The van der Waals surface area contributed by atoms with Crippen molar-refractivity contribution in [1.29, 1.82) is 0 Å². The Labute approximate surface area is 173 Å². The minimum Gasteiger partial charge on any atom is -0.539 e. The molecular formula is C23H45NO4. The average Bonchev–Trinajstić information content (AvgIpc) is 3.11. The number of quaternary nitrogens is 1. The number of nitrogens with zero attached hydrogens (tertiary/aromatic N) is 1. The number of rotatable bonds is 14. The molecule has 166 valence electrons. The normalized spacial score (nSPS) is 15.0. The highest BCUT2D eigenvalue weighted by molar-refractivity contribution is 6.27. The maximum absolute atomic E-state index is 10.5. The first-order valence-electron chi connectivity index (χ1n) is 11.7. The van der Waals surface area contributed by atoms with Gasteiger partial charge in [-0.05, 0) is 12.8 Å². The third kappa shape index (κ3) is 15.9. The summed E-state index contributed by atoms with van der Waals surface area (Å²) in [5.74, 6) is -3.02. The SMILES string of the molecule is CCCCCCCCCCCCOC(=O)C(=O)[O-].CCCC[N+]1(C)CCCC1. The van der Waals surface area contributed by atoms with Gasteiger partial charge in [-0.1, -0.05) is 78.1 Å². The van der Waals surface area contributed by atoms with E-state index in [1.807, 2.05) is 0 Å².